The molecule has 1 atom stereocenters. The molecule has 136 valence electrons. The normalized spacial score (nSPS) is 17.2. The molecule has 1 fully saturated rings. The molecule has 0 bridgehead atoms. The van der Waals surface area contributed by atoms with Gasteiger partial charge in [0.1, 0.15) is 11.6 Å². The summed E-state index contributed by atoms with van der Waals surface area (Å²) in [6, 6.07) is 3.34. The fourth-order valence-electron chi connectivity index (χ4n) is 2.78. The van der Waals surface area contributed by atoms with Crippen molar-refractivity contribution in [3.05, 3.63) is 35.4 Å². The van der Waals surface area contributed by atoms with Crippen molar-refractivity contribution in [3.8, 4) is 0 Å². The Labute approximate surface area is 144 Å². The number of hydrogen-bond donors (Lipinski definition) is 1. The van der Waals surface area contributed by atoms with Crippen LogP contribution >= 0.6 is 0 Å². The Kier molecular flexibility index (Phi) is 6.06. The predicted octanol–water partition coefficient (Wildman–Crippen LogP) is 1.29. The maximum absolute atomic E-state index is 13.6. The van der Waals surface area contributed by atoms with E-state index in [1.165, 1.54) is 18.0 Å². The first kappa shape index (κ1) is 18.8. The molecule has 25 heavy (non-hydrogen) atoms. The SMILES string of the molecule is CN(CC(=O)N1CCCC(C(=O)O)C1)C(=O)Cc1c(F)cccc1F. The van der Waals surface area contributed by atoms with Gasteiger partial charge in [-0.1, -0.05) is 6.07 Å². The maximum Gasteiger partial charge on any atom is 0.308 e. The van der Waals surface area contributed by atoms with Gasteiger partial charge in [0.05, 0.1) is 18.9 Å². The van der Waals surface area contributed by atoms with Crippen LogP contribution in [-0.4, -0.2) is 59.4 Å². The van der Waals surface area contributed by atoms with Gasteiger partial charge in [-0.05, 0) is 25.0 Å². The van der Waals surface area contributed by atoms with Gasteiger partial charge in [-0.2, -0.15) is 0 Å². The molecule has 0 radical (unpaired) electrons. The molecule has 1 aromatic carbocycles. The van der Waals surface area contributed by atoms with Gasteiger partial charge in [-0.3, -0.25) is 14.4 Å². The third kappa shape index (κ3) is 4.74. The molecular weight excluding hydrogens is 334 g/mol. The molecule has 1 aliphatic heterocycles. The molecule has 1 aromatic rings. The summed E-state index contributed by atoms with van der Waals surface area (Å²) in [5, 5.41) is 9.05. The lowest BCUT2D eigenvalue weighted by atomic mass is 9.98. The predicted molar refractivity (Wildman–Crippen MR) is 84.6 cm³/mol. The first-order valence-corrected chi connectivity index (χ1v) is 7.97. The summed E-state index contributed by atoms with van der Waals surface area (Å²) in [6.07, 6.45) is 0.612. The van der Waals surface area contributed by atoms with Crippen molar-refractivity contribution < 1.29 is 28.3 Å². The summed E-state index contributed by atoms with van der Waals surface area (Å²) >= 11 is 0. The van der Waals surface area contributed by atoms with Crippen molar-refractivity contribution in [3.63, 3.8) is 0 Å². The van der Waals surface area contributed by atoms with E-state index in [1.54, 1.807) is 0 Å². The van der Waals surface area contributed by atoms with Crippen molar-refractivity contribution in [2.24, 2.45) is 5.92 Å². The average Bonchev–Trinajstić information content (AvgIpc) is 2.58. The Morgan fingerprint density at radius 3 is 2.52 bits per heavy atom. The summed E-state index contributed by atoms with van der Waals surface area (Å²) < 4.78 is 27.2. The fourth-order valence-corrected chi connectivity index (χ4v) is 2.78. The highest BCUT2D eigenvalue weighted by Gasteiger charge is 2.29. The zero-order chi connectivity index (χ0) is 18.6. The number of benzene rings is 1. The smallest absolute Gasteiger partial charge is 0.308 e. The number of nitrogens with zero attached hydrogens (tertiary/aromatic N) is 2. The summed E-state index contributed by atoms with van der Waals surface area (Å²) in [6.45, 7) is 0.284. The maximum atomic E-state index is 13.6. The Balaban J connectivity index is 1.94. The molecule has 2 amide bonds. The van der Waals surface area contributed by atoms with E-state index in [2.05, 4.69) is 0 Å². The summed E-state index contributed by atoms with van der Waals surface area (Å²) in [4.78, 5) is 37.9. The van der Waals surface area contributed by atoms with Crippen LogP contribution in [0.5, 0.6) is 0 Å². The van der Waals surface area contributed by atoms with Crippen molar-refractivity contribution in [1.82, 2.24) is 9.80 Å². The van der Waals surface area contributed by atoms with E-state index in [9.17, 15) is 23.2 Å². The van der Waals surface area contributed by atoms with Crippen LogP contribution in [0.1, 0.15) is 18.4 Å². The first-order chi connectivity index (χ1) is 11.8. The Morgan fingerprint density at radius 2 is 1.92 bits per heavy atom. The second-order valence-corrected chi connectivity index (χ2v) is 6.14. The van der Waals surface area contributed by atoms with E-state index < -0.39 is 35.8 Å². The van der Waals surface area contributed by atoms with Crippen LogP contribution in [0.25, 0.3) is 0 Å². The third-order valence-electron chi connectivity index (χ3n) is 4.31. The van der Waals surface area contributed by atoms with Crippen molar-refractivity contribution in [2.45, 2.75) is 19.3 Å². The Bertz CT molecular complexity index is 660. The van der Waals surface area contributed by atoms with Gasteiger partial charge in [0.2, 0.25) is 11.8 Å². The van der Waals surface area contributed by atoms with Crippen molar-refractivity contribution >= 4 is 17.8 Å². The van der Waals surface area contributed by atoms with Crippen molar-refractivity contribution in [1.29, 1.82) is 0 Å². The second-order valence-electron chi connectivity index (χ2n) is 6.14. The van der Waals surface area contributed by atoms with E-state index in [0.717, 1.165) is 17.0 Å². The Morgan fingerprint density at radius 1 is 1.28 bits per heavy atom. The minimum absolute atomic E-state index is 0.109. The number of carbonyl (C=O) groups excluding carboxylic acids is 2. The van der Waals surface area contributed by atoms with E-state index in [4.69, 9.17) is 5.11 Å². The van der Waals surface area contributed by atoms with Gasteiger partial charge in [0.15, 0.2) is 0 Å². The summed E-state index contributed by atoms with van der Waals surface area (Å²) in [7, 11) is 1.37. The van der Waals surface area contributed by atoms with E-state index in [0.29, 0.717) is 19.4 Å². The standard InChI is InChI=1S/C17H20F2N2O4/c1-20(15(22)8-12-13(18)5-2-6-14(12)19)10-16(23)21-7-3-4-11(9-21)17(24)25/h2,5-6,11H,3-4,7-10H2,1H3,(H,24,25). The highest BCUT2D eigenvalue weighted by atomic mass is 19.1. The second kappa shape index (κ2) is 8.04. The Hall–Kier alpha value is -2.51. The highest BCUT2D eigenvalue weighted by Crippen LogP contribution is 2.17. The average molecular weight is 354 g/mol. The van der Waals surface area contributed by atoms with E-state index in [1.807, 2.05) is 0 Å². The molecular formula is C17H20F2N2O4. The first-order valence-electron chi connectivity index (χ1n) is 7.97. The zero-order valence-electron chi connectivity index (χ0n) is 13.9. The van der Waals surface area contributed by atoms with E-state index >= 15 is 0 Å². The van der Waals surface area contributed by atoms with Crippen LogP contribution in [0.15, 0.2) is 18.2 Å². The van der Waals surface area contributed by atoms with Crippen LogP contribution in [0.2, 0.25) is 0 Å². The number of rotatable bonds is 5. The quantitative estimate of drug-likeness (QED) is 0.864. The molecule has 1 unspecified atom stereocenters. The van der Waals surface area contributed by atoms with Gasteiger partial charge in [0.25, 0.3) is 0 Å². The molecule has 1 saturated heterocycles. The molecule has 8 heteroatoms. The number of piperidine rings is 1. The molecule has 1 heterocycles. The fraction of sp³-hybridized carbons (Fsp3) is 0.471. The molecule has 1 N–H and O–H groups in total. The molecule has 0 saturated carbocycles. The van der Waals surface area contributed by atoms with Crippen LogP contribution in [0, 0.1) is 17.6 Å². The number of amides is 2. The number of carboxylic acids is 1. The molecule has 6 nitrogen and oxygen atoms in total. The topological polar surface area (TPSA) is 77.9 Å². The number of hydrogen-bond acceptors (Lipinski definition) is 3. The van der Waals surface area contributed by atoms with Gasteiger partial charge in [0, 0.05) is 25.7 Å². The molecule has 0 spiro atoms. The number of carbonyl (C=O) groups is 3. The number of carboxylic acid groups (broad SMARTS) is 1. The summed E-state index contributed by atoms with van der Waals surface area (Å²) in [5.41, 5.74) is -0.337. The lowest BCUT2D eigenvalue weighted by molar-refractivity contribution is -0.147. The largest absolute Gasteiger partial charge is 0.481 e. The molecule has 0 aromatic heterocycles. The van der Waals surface area contributed by atoms with Crippen molar-refractivity contribution in [2.75, 3.05) is 26.7 Å². The third-order valence-corrected chi connectivity index (χ3v) is 4.31. The molecule has 1 aliphatic rings. The van der Waals surface area contributed by atoms with Gasteiger partial charge in [-0.25, -0.2) is 8.78 Å². The van der Waals surface area contributed by atoms with Crippen LogP contribution in [0.4, 0.5) is 8.78 Å². The van der Waals surface area contributed by atoms with Gasteiger partial charge in [-0.15, -0.1) is 0 Å². The number of likely N-dealkylation sites (tertiary alicyclic amines) is 1. The van der Waals surface area contributed by atoms with Crippen LogP contribution < -0.4 is 0 Å². The lowest BCUT2D eigenvalue weighted by Crippen LogP contribution is -2.47. The minimum Gasteiger partial charge on any atom is -0.481 e. The minimum atomic E-state index is -0.947. The number of likely N-dealkylation sites (N-methyl/N-ethyl adjacent to an activating group) is 1. The van der Waals surface area contributed by atoms with Crippen LogP contribution in [0.3, 0.4) is 0 Å². The number of aliphatic carboxylic acids is 1. The number of halogens is 2. The zero-order valence-corrected chi connectivity index (χ0v) is 13.9. The van der Waals surface area contributed by atoms with Gasteiger partial charge >= 0.3 is 5.97 Å². The van der Waals surface area contributed by atoms with E-state index in [-0.39, 0.29) is 24.6 Å². The monoisotopic (exact) mass is 354 g/mol. The highest BCUT2D eigenvalue weighted by molar-refractivity contribution is 5.86. The lowest BCUT2D eigenvalue weighted by Gasteiger charge is -2.32. The van der Waals surface area contributed by atoms with Gasteiger partial charge < -0.3 is 14.9 Å². The molecule has 0 aliphatic carbocycles. The van der Waals surface area contributed by atoms with Crippen LogP contribution in [-0.2, 0) is 20.8 Å². The molecule has 2 rings (SSSR count). The summed E-state index contributed by atoms with van der Waals surface area (Å²) in [5.74, 6) is -4.15.